The quantitative estimate of drug-likeness (QED) is 0.688. The number of aromatic nitrogens is 3. The van der Waals surface area contributed by atoms with Gasteiger partial charge in [0.2, 0.25) is 0 Å². The van der Waals surface area contributed by atoms with Crippen LogP contribution in [0, 0.1) is 0 Å². The minimum absolute atomic E-state index is 0.0755. The molecule has 0 radical (unpaired) electrons. The van der Waals surface area contributed by atoms with Crippen molar-refractivity contribution in [3.63, 3.8) is 0 Å². The number of carbonyl (C=O) groups excluding carboxylic acids is 1. The third-order valence-corrected chi connectivity index (χ3v) is 6.55. The molecule has 2 aromatic heterocycles. The maximum absolute atomic E-state index is 13.4. The summed E-state index contributed by atoms with van der Waals surface area (Å²) in [7, 11) is 1.88. The third kappa shape index (κ3) is 3.60. The molecule has 2 saturated heterocycles. The second-order valence-corrected chi connectivity index (χ2v) is 8.38. The maximum Gasteiger partial charge on any atom is 0.255 e. The molecular formula is C23H27N5O3. The Hall–Kier alpha value is -2.81. The highest BCUT2D eigenvalue weighted by atomic mass is 16.5. The van der Waals surface area contributed by atoms with Crippen LogP contribution in [-0.2, 0) is 17.4 Å². The number of rotatable bonds is 3. The predicted octanol–water partition coefficient (Wildman–Crippen LogP) is 1.40. The number of amides is 1. The van der Waals surface area contributed by atoms with Crippen molar-refractivity contribution in [2.45, 2.75) is 18.1 Å². The Bertz CT molecular complexity index is 1080. The number of hydrogen-bond donors (Lipinski definition) is 1. The molecule has 1 aromatic carbocycles. The van der Waals surface area contributed by atoms with E-state index in [4.69, 9.17) is 4.74 Å². The highest BCUT2D eigenvalue weighted by Crippen LogP contribution is 2.36. The van der Waals surface area contributed by atoms with Gasteiger partial charge in [0.15, 0.2) is 5.65 Å². The summed E-state index contributed by atoms with van der Waals surface area (Å²) >= 11 is 0. The lowest BCUT2D eigenvalue weighted by molar-refractivity contribution is -0.112. The van der Waals surface area contributed by atoms with Crippen molar-refractivity contribution in [1.29, 1.82) is 0 Å². The van der Waals surface area contributed by atoms with Crippen molar-refractivity contribution < 1.29 is 14.6 Å². The van der Waals surface area contributed by atoms with E-state index in [1.807, 2.05) is 46.8 Å². The number of carbonyl (C=O) groups is 1. The largest absolute Gasteiger partial charge is 0.383 e. The van der Waals surface area contributed by atoms with Crippen molar-refractivity contribution >= 4 is 17.1 Å². The van der Waals surface area contributed by atoms with Crippen molar-refractivity contribution in [3.8, 4) is 0 Å². The number of hydrogen-bond acceptors (Lipinski definition) is 6. The van der Waals surface area contributed by atoms with E-state index in [9.17, 15) is 9.90 Å². The normalized spacial score (nSPS) is 25.1. The van der Waals surface area contributed by atoms with Gasteiger partial charge in [0.05, 0.1) is 31.1 Å². The second-order valence-electron chi connectivity index (χ2n) is 8.38. The van der Waals surface area contributed by atoms with Crippen LogP contribution in [0.4, 0.5) is 0 Å². The number of nitrogens with zero attached hydrogens (tertiary/aromatic N) is 5. The van der Waals surface area contributed by atoms with Gasteiger partial charge in [-0.15, -0.1) is 0 Å². The smallest absolute Gasteiger partial charge is 0.255 e. The summed E-state index contributed by atoms with van der Waals surface area (Å²) in [6.07, 6.45) is 3.79. The molecule has 1 amide bonds. The van der Waals surface area contributed by atoms with E-state index >= 15 is 0 Å². The molecule has 2 aliphatic rings. The fraction of sp³-hybridized carbons (Fsp3) is 0.435. The van der Waals surface area contributed by atoms with Crippen LogP contribution in [0.3, 0.4) is 0 Å². The van der Waals surface area contributed by atoms with Crippen molar-refractivity contribution in [3.05, 3.63) is 60.0 Å². The van der Waals surface area contributed by atoms with Gasteiger partial charge in [-0.1, -0.05) is 30.3 Å². The Balaban J connectivity index is 1.44. The summed E-state index contributed by atoms with van der Waals surface area (Å²) in [5.41, 5.74) is 1.86. The van der Waals surface area contributed by atoms with Gasteiger partial charge in [-0.3, -0.25) is 9.69 Å². The number of ether oxygens (including phenoxy) is 1. The van der Waals surface area contributed by atoms with Gasteiger partial charge in [0.1, 0.15) is 11.1 Å². The highest BCUT2D eigenvalue weighted by Gasteiger charge is 2.47. The number of aryl methyl sites for hydroxylation is 1. The van der Waals surface area contributed by atoms with Gasteiger partial charge in [-0.2, -0.15) is 0 Å². The molecule has 4 heterocycles. The Labute approximate surface area is 181 Å². The van der Waals surface area contributed by atoms with Gasteiger partial charge < -0.3 is 19.3 Å². The topological polar surface area (TPSA) is 83.7 Å². The second kappa shape index (κ2) is 8.03. The molecule has 0 aliphatic carbocycles. The zero-order valence-electron chi connectivity index (χ0n) is 17.6. The van der Waals surface area contributed by atoms with E-state index in [1.165, 1.54) is 0 Å². The lowest BCUT2D eigenvalue weighted by atomic mass is 9.79. The Morgan fingerprint density at radius 2 is 1.94 bits per heavy atom. The van der Waals surface area contributed by atoms with Crippen LogP contribution in [0.15, 0.2) is 48.9 Å². The summed E-state index contributed by atoms with van der Waals surface area (Å²) in [6.45, 7) is 3.67. The molecular weight excluding hydrogens is 394 g/mol. The zero-order chi connectivity index (χ0) is 21.4. The van der Waals surface area contributed by atoms with E-state index in [2.05, 4.69) is 14.9 Å². The highest BCUT2D eigenvalue weighted by molar-refractivity contribution is 5.96. The van der Waals surface area contributed by atoms with E-state index < -0.39 is 5.60 Å². The lowest BCUT2D eigenvalue weighted by Gasteiger charge is -2.50. The van der Waals surface area contributed by atoms with Crippen LogP contribution >= 0.6 is 0 Å². The molecule has 0 unspecified atom stereocenters. The fourth-order valence-electron chi connectivity index (χ4n) is 4.79. The Kier molecular flexibility index (Phi) is 5.21. The third-order valence-electron chi connectivity index (χ3n) is 6.55. The van der Waals surface area contributed by atoms with E-state index in [0.29, 0.717) is 43.8 Å². The van der Waals surface area contributed by atoms with Gasteiger partial charge in [0, 0.05) is 39.4 Å². The van der Waals surface area contributed by atoms with Crippen LogP contribution in [0.1, 0.15) is 22.3 Å². The minimum Gasteiger partial charge on any atom is -0.383 e. The van der Waals surface area contributed by atoms with Crippen molar-refractivity contribution in [2.24, 2.45) is 7.05 Å². The summed E-state index contributed by atoms with van der Waals surface area (Å²) in [4.78, 5) is 26.2. The van der Waals surface area contributed by atoms with Gasteiger partial charge in [-0.25, -0.2) is 9.97 Å². The van der Waals surface area contributed by atoms with Crippen LogP contribution in [0.2, 0.25) is 0 Å². The van der Waals surface area contributed by atoms with E-state index in [-0.39, 0.29) is 11.9 Å². The summed E-state index contributed by atoms with van der Waals surface area (Å²) < 4.78 is 7.36. The van der Waals surface area contributed by atoms with E-state index in [0.717, 1.165) is 24.3 Å². The number of aliphatic hydroxyl groups is 1. The molecule has 2 aliphatic heterocycles. The van der Waals surface area contributed by atoms with Crippen LogP contribution in [0.25, 0.3) is 11.2 Å². The monoisotopic (exact) mass is 421 g/mol. The minimum atomic E-state index is -1.02. The Morgan fingerprint density at radius 1 is 1.16 bits per heavy atom. The molecule has 31 heavy (non-hydrogen) atoms. The number of imidazole rings is 1. The molecule has 162 valence electrons. The summed E-state index contributed by atoms with van der Waals surface area (Å²) in [5, 5.41) is 11.8. The SMILES string of the molecule is Cn1cnc2cc(C(=O)N3CC[C@](O)(c4ccccc4)[C@H](N4CCOCC4)C3)cnc21. The van der Waals surface area contributed by atoms with Gasteiger partial charge in [-0.05, 0) is 18.1 Å². The molecule has 8 nitrogen and oxygen atoms in total. The van der Waals surface area contributed by atoms with Crippen LogP contribution < -0.4 is 0 Å². The number of fused-ring (bicyclic) bond motifs is 1. The molecule has 0 saturated carbocycles. The first-order valence-electron chi connectivity index (χ1n) is 10.7. The average molecular weight is 422 g/mol. The van der Waals surface area contributed by atoms with E-state index in [1.54, 1.807) is 18.6 Å². The average Bonchev–Trinajstić information content (AvgIpc) is 3.20. The number of morpholine rings is 1. The molecule has 2 atom stereocenters. The first-order valence-corrected chi connectivity index (χ1v) is 10.7. The fourth-order valence-corrected chi connectivity index (χ4v) is 4.79. The van der Waals surface area contributed by atoms with Gasteiger partial charge >= 0.3 is 0 Å². The molecule has 8 heteroatoms. The Morgan fingerprint density at radius 3 is 2.71 bits per heavy atom. The van der Waals surface area contributed by atoms with Crippen LogP contribution in [0.5, 0.6) is 0 Å². The van der Waals surface area contributed by atoms with Gasteiger partial charge in [0.25, 0.3) is 5.91 Å². The number of piperidine rings is 1. The lowest BCUT2D eigenvalue weighted by Crippen LogP contribution is -2.63. The predicted molar refractivity (Wildman–Crippen MR) is 116 cm³/mol. The standard InChI is InChI=1S/C23H27N5O3/c1-26-16-25-19-13-17(14-24-21(19)26)22(29)28-8-7-23(30,18-5-3-2-4-6-18)20(15-28)27-9-11-31-12-10-27/h2-6,13-14,16,20,30H,7-12,15H2,1H3/t20-,23+/m1/s1. The number of likely N-dealkylation sites (tertiary alicyclic amines) is 1. The molecule has 2 fully saturated rings. The first-order chi connectivity index (χ1) is 15.1. The zero-order valence-corrected chi connectivity index (χ0v) is 17.6. The molecule has 0 spiro atoms. The summed E-state index contributed by atoms with van der Waals surface area (Å²) in [6, 6.07) is 11.4. The molecule has 3 aromatic rings. The molecule has 1 N–H and O–H groups in total. The number of pyridine rings is 1. The van der Waals surface area contributed by atoms with Crippen molar-refractivity contribution in [1.82, 2.24) is 24.3 Å². The molecule has 5 rings (SSSR count). The van der Waals surface area contributed by atoms with Crippen molar-refractivity contribution in [2.75, 3.05) is 39.4 Å². The maximum atomic E-state index is 13.4. The number of benzene rings is 1. The first kappa shape index (κ1) is 20.1. The van der Waals surface area contributed by atoms with Crippen LogP contribution in [-0.4, -0.2) is 80.8 Å². The summed E-state index contributed by atoms with van der Waals surface area (Å²) in [5.74, 6) is -0.0755. The molecule has 0 bridgehead atoms.